The first-order valence-corrected chi connectivity index (χ1v) is 7.36. The summed E-state index contributed by atoms with van der Waals surface area (Å²) in [6.45, 7) is 1.09. The van der Waals surface area contributed by atoms with Gasteiger partial charge in [0.25, 0.3) is 0 Å². The first-order chi connectivity index (χ1) is 10.7. The maximum absolute atomic E-state index is 10.1. The van der Waals surface area contributed by atoms with E-state index in [0.29, 0.717) is 19.5 Å². The van der Waals surface area contributed by atoms with Gasteiger partial charge in [0.05, 0.1) is 13.2 Å². The fourth-order valence-electron chi connectivity index (χ4n) is 2.19. The molecule has 142 valence electrons. The number of nitrogens with one attached hydrogen (secondary N) is 1. The average Bonchev–Trinajstić information content (AvgIpc) is 2.56. The Hall–Kier alpha value is -1.08. The van der Waals surface area contributed by atoms with Crippen LogP contribution in [0.3, 0.4) is 0 Å². The van der Waals surface area contributed by atoms with Gasteiger partial charge in [0.15, 0.2) is 0 Å². The highest BCUT2D eigenvalue weighted by Gasteiger charge is 2.15. The molecule has 0 unspecified atom stereocenters. The topological polar surface area (TPSA) is 80.4 Å². The van der Waals surface area contributed by atoms with E-state index in [1.54, 1.807) is 13.3 Å². The van der Waals surface area contributed by atoms with E-state index in [1.165, 1.54) is 0 Å². The Kier molecular flexibility index (Phi) is 14.8. The van der Waals surface area contributed by atoms with Gasteiger partial charge >= 0.3 is 0 Å². The summed E-state index contributed by atoms with van der Waals surface area (Å²) in [5.41, 5.74) is 8.02. The number of hydrogen-bond acceptors (Lipinski definition) is 5. The molecular formula is C17H26Cl3N3O2. The number of aromatic nitrogens is 1. The lowest BCUT2D eigenvalue weighted by Gasteiger charge is -2.19. The van der Waals surface area contributed by atoms with Crippen molar-refractivity contribution in [2.45, 2.75) is 25.1 Å². The second-order valence-corrected chi connectivity index (χ2v) is 5.24. The summed E-state index contributed by atoms with van der Waals surface area (Å²) in [6, 6.07) is 13.2. The normalized spacial score (nSPS) is 12.0. The first-order valence-electron chi connectivity index (χ1n) is 7.36. The van der Waals surface area contributed by atoms with Crippen LogP contribution in [0, 0.1) is 0 Å². The monoisotopic (exact) mass is 409 g/mol. The minimum atomic E-state index is -0.618. The molecule has 0 amide bonds. The number of pyridine rings is 1. The molecule has 4 N–H and O–H groups in total. The second kappa shape index (κ2) is 14.1. The van der Waals surface area contributed by atoms with E-state index in [0.717, 1.165) is 17.0 Å². The number of nitrogens with two attached hydrogens (primary N) is 1. The number of aliphatic hydroxyl groups excluding tert-OH is 1. The molecule has 0 spiro atoms. The number of benzene rings is 1. The van der Waals surface area contributed by atoms with Crippen LogP contribution < -0.4 is 15.8 Å². The summed E-state index contributed by atoms with van der Waals surface area (Å²) < 4.78 is 5.18. The third kappa shape index (κ3) is 9.26. The number of rotatable bonds is 8. The summed E-state index contributed by atoms with van der Waals surface area (Å²) in [7, 11) is 1.65. The Morgan fingerprint density at radius 2 is 1.92 bits per heavy atom. The van der Waals surface area contributed by atoms with Crippen molar-refractivity contribution in [2.24, 2.45) is 5.73 Å². The molecule has 2 aromatic rings. The number of halogens is 3. The summed E-state index contributed by atoms with van der Waals surface area (Å²) in [6.07, 6.45) is 1.67. The number of aliphatic hydroxyl groups is 1. The van der Waals surface area contributed by atoms with Gasteiger partial charge < -0.3 is 20.9 Å². The Morgan fingerprint density at radius 3 is 2.56 bits per heavy atom. The minimum absolute atomic E-state index is 0. The van der Waals surface area contributed by atoms with Gasteiger partial charge in [-0.3, -0.25) is 4.98 Å². The quantitative estimate of drug-likeness (QED) is 0.622. The maximum atomic E-state index is 10.1. The summed E-state index contributed by atoms with van der Waals surface area (Å²) in [4.78, 5) is 4.22. The van der Waals surface area contributed by atoms with Gasteiger partial charge in [0.2, 0.25) is 0 Å². The number of ether oxygens (including phenoxy) is 1. The minimum Gasteiger partial charge on any atom is -0.497 e. The van der Waals surface area contributed by atoms with Crippen molar-refractivity contribution < 1.29 is 9.84 Å². The molecule has 0 fully saturated rings. The van der Waals surface area contributed by atoms with Crippen molar-refractivity contribution >= 4 is 37.2 Å². The van der Waals surface area contributed by atoms with E-state index in [-0.39, 0.29) is 43.3 Å². The standard InChI is InChI=1S/C17H23N3O2.3ClH/c1-22-15-7-4-5-13(9-15)11-19-12-17(21)16(18)10-14-6-2-3-8-20-14;;;/h2-9,16-17,19,21H,10-12,18H2,1H3;3*1H/t16-,17+;;;/m0.../s1. The van der Waals surface area contributed by atoms with Crippen LogP contribution in [0.5, 0.6) is 5.75 Å². The molecule has 0 radical (unpaired) electrons. The van der Waals surface area contributed by atoms with Gasteiger partial charge in [-0.25, -0.2) is 0 Å². The van der Waals surface area contributed by atoms with E-state index >= 15 is 0 Å². The van der Waals surface area contributed by atoms with E-state index < -0.39 is 6.10 Å². The summed E-state index contributed by atoms with van der Waals surface area (Å²) >= 11 is 0. The molecule has 0 aliphatic carbocycles. The Bertz CT molecular complexity index is 576. The van der Waals surface area contributed by atoms with Gasteiger partial charge in [-0.1, -0.05) is 18.2 Å². The average molecular weight is 411 g/mol. The van der Waals surface area contributed by atoms with Gasteiger partial charge in [-0.05, 0) is 29.8 Å². The van der Waals surface area contributed by atoms with Gasteiger partial charge in [-0.2, -0.15) is 0 Å². The number of nitrogens with zero attached hydrogens (tertiary/aromatic N) is 1. The third-order valence-electron chi connectivity index (χ3n) is 3.48. The zero-order valence-electron chi connectivity index (χ0n) is 14.0. The second-order valence-electron chi connectivity index (χ2n) is 5.24. The predicted molar refractivity (Wildman–Crippen MR) is 108 cm³/mol. The van der Waals surface area contributed by atoms with Crippen LogP contribution in [-0.2, 0) is 13.0 Å². The van der Waals surface area contributed by atoms with Crippen LogP contribution in [0.4, 0.5) is 0 Å². The van der Waals surface area contributed by atoms with Crippen LogP contribution in [0.25, 0.3) is 0 Å². The molecule has 25 heavy (non-hydrogen) atoms. The van der Waals surface area contributed by atoms with E-state index in [9.17, 15) is 5.11 Å². The highest BCUT2D eigenvalue weighted by atomic mass is 35.5. The highest BCUT2D eigenvalue weighted by Crippen LogP contribution is 2.12. The van der Waals surface area contributed by atoms with Crippen molar-refractivity contribution in [1.29, 1.82) is 0 Å². The molecule has 0 aliphatic heterocycles. The number of hydrogen-bond donors (Lipinski definition) is 3. The molecule has 2 rings (SSSR count). The molecule has 0 saturated carbocycles. The Labute approximate surface area is 167 Å². The fraction of sp³-hybridized carbons (Fsp3) is 0.353. The van der Waals surface area contributed by atoms with E-state index in [1.807, 2.05) is 42.5 Å². The fourth-order valence-corrected chi connectivity index (χ4v) is 2.19. The van der Waals surface area contributed by atoms with Crippen LogP contribution in [-0.4, -0.2) is 35.9 Å². The van der Waals surface area contributed by atoms with Crippen molar-refractivity contribution in [3.8, 4) is 5.75 Å². The molecule has 2 atom stereocenters. The van der Waals surface area contributed by atoms with Gasteiger partial charge in [0, 0.05) is 37.4 Å². The zero-order valence-corrected chi connectivity index (χ0v) is 16.4. The van der Waals surface area contributed by atoms with Crippen LogP contribution in [0.1, 0.15) is 11.3 Å². The summed E-state index contributed by atoms with van der Waals surface area (Å²) in [5, 5.41) is 13.3. The van der Waals surface area contributed by atoms with Gasteiger partial charge in [-0.15, -0.1) is 37.2 Å². The molecule has 1 aromatic carbocycles. The lowest BCUT2D eigenvalue weighted by atomic mass is 10.1. The first kappa shape index (κ1) is 26.2. The van der Waals surface area contributed by atoms with E-state index in [2.05, 4.69) is 10.3 Å². The van der Waals surface area contributed by atoms with Crippen molar-refractivity contribution in [1.82, 2.24) is 10.3 Å². The van der Waals surface area contributed by atoms with E-state index in [4.69, 9.17) is 10.5 Å². The largest absolute Gasteiger partial charge is 0.497 e. The maximum Gasteiger partial charge on any atom is 0.119 e. The van der Waals surface area contributed by atoms with Gasteiger partial charge in [0.1, 0.15) is 5.75 Å². The summed E-state index contributed by atoms with van der Waals surface area (Å²) in [5.74, 6) is 0.826. The van der Waals surface area contributed by atoms with Crippen LogP contribution in [0.2, 0.25) is 0 Å². The Balaban J connectivity index is 0. The molecular weight excluding hydrogens is 385 g/mol. The van der Waals surface area contributed by atoms with Crippen molar-refractivity contribution in [3.63, 3.8) is 0 Å². The molecule has 0 aliphatic rings. The molecule has 5 nitrogen and oxygen atoms in total. The molecule has 0 saturated heterocycles. The lowest BCUT2D eigenvalue weighted by molar-refractivity contribution is 0.141. The predicted octanol–water partition coefficient (Wildman–Crippen LogP) is 2.38. The molecule has 8 heteroatoms. The van der Waals surface area contributed by atoms with Crippen LogP contribution in [0.15, 0.2) is 48.7 Å². The van der Waals surface area contributed by atoms with Crippen molar-refractivity contribution in [3.05, 3.63) is 59.9 Å². The van der Waals surface area contributed by atoms with Crippen LogP contribution >= 0.6 is 37.2 Å². The SMILES string of the molecule is COc1cccc(CNC[C@@H](O)[C@@H](N)Cc2ccccn2)c1.Cl.Cl.Cl. The lowest BCUT2D eigenvalue weighted by Crippen LogP contribution is -2.43. The molecule has 1 heterocycles. The van der Waals surface area contributed by atoms with Crippen molar-refractivity contribution in [2.75, 3.05) is 13.7 Å². The number of methoxy groups -OCH3 is 1. The molecule has 1 aromatic heterocycles. The molecule has 0 bridgehead atoms. The smallest absolute Gasteiger partial charge is 0.119 e. The highest BCUT2D eigenvalue weighted by molar-refractivity contribution is 5.86. The third-order valence-corrected chi connectivity index (χ3v) is 3.48. The zero-order chi connectivity index (χ0) is 15.8. The Morgan fingerprint density at radius 1 is 1.16 bits per heavy atom.